The topological polar surface area (TPSA) is 17.1 Å². The number of rotatable bonds is 5. The highest BCUT2D eigenvalue weighted by Crippen LogP contribution is 2.21. The maximum absolute atomic E-state index is 13.1. The summed E-state index contributed by atoms with van der Waals surface area (Å²) >= 11 is 7.44. The molecule has 0 amide bonds. The Kier molecular flexibility index (Phi) is 5.21. The fourth-order valence-corrected chi connectivity index (χ4v) is 2.87. The van der Waals surface area contributed by atoms with Gasteiger partial charge in [0.1, 0.15) is 11.6 Å². The van der Waals surface area contributed by atoms with Crippen LogP contribution in [0.5, 0.6) is 0 Å². The van der Waals surface area contributed by atoms with Crippen molar-refractivity contribution in [2.24, 2.45) is 0 Å². The highest BCUT2D eigenvalue weighted by atomic mass is 35.5. The molecule has 2 aromatic carbocycles. The van der Waals surface area contributed by atoms with Gasteiger partial charge >= 0.3 is 0 Å². The Labute approximate surface area is 127 Å². The lowest BCUT2D eigenvalue weighted by molar-refractivity contribution is -0.116. The fourth-order valence-electron chi connectivity index (χ4n) is 1.81. The molecule has 0 unspecified atom stereocenters. The molecule has 0 heterocycles. The highest BCUT2D eigenvalue weighted by molar-refractivity contribution is 8.00. The molecule has 0 radical (unpaired) electrons. The van der Waals surface area contributed by atoms with E-state index >= 15 is 0 Å². The standard InChI is InChI=1S/C16H14ClFOS/c1-11-3-2-4-15(7-11)20-10-14(19)9-12-8-13(18)5-6-16(12)17/h2-8H,9-10H2,1H3. The van der Waals surface area contributed by atoms with Crippen LogP contribution in [-0.2, 0) is 11.2 Å². The van der Waals surface area contributed by atoms with Crippen LogP contribution in [0.4, 0.5) is 4.39 Å². The largest absolute Gasteiger partial charge is 0.298 e. The second kappa shape index (κ2) is 6.91. The molecular weight excluding hydrogens is 295 g/mol. The average molecular weight is 309 g/mol. The first-order chi connectivity index (χ1) is 9.54. The minimum atomic E-state index is -0.372. The lowest BCUT2D eigenvalue weighted by Crippen LogP contribution is -2.06. The van der Waals surface area contributed by atoms with E-state index < -0.39 is 0 Å². The van der Waals surface area contributed by atoms with Gasteiger partial charge in [-0.05, 0) is 42.8 Å². The van der Waals surface area contributed by atoms with Crippen LogP contribution in [0, 0.1) is 12.7 Å². The molecule has 0 N–H and O–H groups in total. The first-order valence-corrected chi connectivity index (χ1v) is 7.56. The van der Waals surface area contributed by atoms with Crippen LogP contribution in [0.15, 0.2) is 47.4 Å². The Morgan fingerprint density at radius 3 is 2.80 bits per heavy atom. The zero-order valence-corrected chi connectivity index (χ0v) is 12.6. The summed E-state index contributed by atoms with van der Waals surface area (Å²) in [7, 11) is 0. The highest BCUT2D eigenvalue weighted by Gasteiger charge is 2.09. The quantitative estimate of drug-likeness (QED) is 0.745. The van der Waals surface area contributed by atoms with Crippen molar-refractivity contribution in [1.82, 2.24) is 0 Å². The summed E-state index contributed by atoms with van der Waals surface area (Å²) in [5.74, 6) is 0.0172. The van der Waals surface area contributed by atoms with Crippen molar-refractivity contribution < 1.29 is 9.18 Å². The average Bonchev–Trinajstić information content (AvgIpc) is 2.41. The summed E-state index contributed by atoms with van der Waals surface area (Å²) in [4.78, 5) is 13.0. The molecule has 0 fully saturated rings. The molecule has 0 aliphatic carbocycles. The summed E-state index contributed by atoms with van der Waals surface area (Å²) in [6, 6.07) is 12.1. The third-order valence-electron chi connectivity index (χ3n) is 2.78. The maximum atomic E-state index is 13.1. The van der Waals surface area contributed by atoms with Crippen molar-refractivity contribution >= 4 is 29.1 Å². The van der Waals surface area contributed by atoms with E-state index in [9.17, 15) is 9.18 Å². The third-order valence-corrected chi connectivity index (χ3v) is 4.21. The molecule has 2 rings (SSSR count). The van der Waals surface area contributed by atoms with Crippen LogP contribution >= 0.6 is 23.4 Å². The number of carbonyl (C=O) groups excluding carboxylic acids is 1. The van der Waals surface area contributed by atoms with E-state index in [2.05, 4.69) is 0 Å². The second-order valence-corrected chi connectivity index (χ2v) is 6.01. The van der Waals surface area contributed by atoms with E-state index in [0.717, 1.165) is 10.5 Å². The maximum Gasteiger partial charge on any atom is 0.147 e. The van der Waals surface area contributed by atoms with Crippen molar-refractivity contribution in [1.29, 1.82) is 0 Å². The van der Waals surface area contributed by atoms with Gasteiger partial charge in [-0.1, -0.05) is 29.3 Å². The van der Waals surface area contributed by atoms with E-state index in [1.54, 1.807) is 0 Å². The number of benzene rings is 2. The van der Waals surface area contributed by atoms with Crippen LogP contribution in [0.25, 0.3) is 0 Å². The van der Waals surface area contributed by atoms with Gasteiger partial charge in [-0.2, -0.15) is 0 Å². The van der Waals surface area contributed by atoms with Crippen molar-refractivity contribution in [2.45, 2.75) is 18.2 Å². The fraction of sp³-hybridized carbons (Fsp3) is 0.188. The molecule has 0 bridgehead atoms. The van der Waals surface area contributed by atoms with Gasteiger partial charge in [-0.15, -0.1) is 11.8 Å². The molecule has 0 aromatic heterocycles. The molecule has 0 aliphatic rings. The molecule has 0 atom stereocenters. The number of ketones is 1. The molecule has 20 heavy (non-hydrogen) atoms. The molecule has 1 nitrogen and oxygen atoms in total. The molecule has 4 heteroatoms. The lowest BCUT2D eigenvalue weighted by Gasteiger charge is -2.05. The van der Waals surface area contributed by atoms with E-state index in [4.69, 9.17) is 11.6 Å². The summed E-state index contributed by atoms with van der Waals surface area (Å²) in [5, 5.41) is 0.431. The van der Waals surface area contributed by atoms with E-state index in [0.29, 0.717) is 16.3 Å². The SMILES string of the molecule is Cc1cccc(SCC(=O)Cc2cc(F)ccc2Cl)c1. The monoisotopic (exact) mass is 308 g/mol. The van der Waals surface area contributed by atoms with Crippen molar-refractivity contribution in [3.63, 3.8) is 0 Å². The van der Waals surface area contributed by atoms with Gasteiger partial charge in [0.15, 0.2) is 0 Å². The number of carbonyl (C=O) groups is 1. The predicted octanol–water partition coefficient (Wildman–Crippen LogP) is 4.69. The van der Waals surface area contributed by atoms with Gasteiger partial charge in [0.2, 0.25) is 0 Å². The predicted molar refractivity (Wildman–Crippen MR) is 82.0 cm³/mol. The normalized spacial score (nSPS) is 10.6. The van der Waals surface area contributed by atoms with Gasteiger partial charge in [0.05, 0.1) is 5.75 Å². The number of Topliss-reactive ketones (excluding diaryl/α,β-unsaturated/α-hetero) is 1. The Morgan fingerprint density at radius 2 is 2.05 bits per heavy atom. The van der Waals surface area contributed by atoms with Gasteiger partial charge in [0, 0.05) is 16.3 Å². The third kappa shape index (κ3) is 4.36. The van der Waals surface area contributed by atoms with Crippen LogP contribution in [-0.4, -0.2) is 11.5 Å². The van der Waals surface area contributed by atoms with Gasteiger partial charge in [-0.3, -0.25) is 4.79 Å². The van der Waals surface area contributed by atoms with Crippen molar-refractivity contribution in [3.05, 3.63) is 64.4 Å². The zero-order chi connectivity index (χ0) is 14.5. The molecular formula is C16H14ClFOS. The molecule has 0 aliphatic heterocycles. The van der Waals surface area contributed by atoms with Crippen LogP contribution in [0.1, 0.15) is 11.1 Å². The van der Waals surface area contributed by atoms with Crippen LogP contribution < -0.4 is 0 Å². The molecule has 0 saturated heterocycles. The lowest BCUT2D eigenvalue weighted by atomic mass is 10.1. The minimum absolute atomic E-state index is 0.0315. The van der Waals surface area contributed by atoms with Crippen LogP contribution in [0.3, 0.4) is 0 Å². The Balaban J connectivity index is 1.94. The number of halogens is 2. The zero-order valence-electron chi connectivity index (χ0n) is 11.0. The summed E-state index contributed by atoms with van der Waals surface area (Å²) < 4.78 is 13.1. The Bertz CT molecular complexity index is 628. The van der Waals surface area contributed by atoms with Crippen molar-refractivity contribution in [3.8, 4) is 0 Å². The minimum Gasteiger partial charge on any atom is -0.298 e. The summed E-state index contributed by atoms with van der Waals surface area (Å²) in [5.41, 5.74) is 1.71. The molecule has 104 valence electrons. The summed E-state index contributed by atoms with van der Waals surface area (Å²) in [6.07, 6.45) is 0.162. The van der Waals surface area contributed by atoms with E-state index in [1.165, 1.54) is 30.0 Å². The molecule has 0 spiro atoms. The summed E-state index contributed by atoms with van der Waals surface area (Å²) in [6.45, 7) is 2.01. The van der Waals surface area contributed by atoms with Crippen LogP contribution in [0.2, 0.25) is 5.02 Å². The van der Waals surface area contributed by atoms with Crippen molar-refractivity contribution in [2.75, 3.05) is 5.75 Å². The first kappa shape index (κ1) is 15.1. The van der Waals surface area contributed by atoms with E-state index in [-0.39, 0.29) is 18.0 Å². The number of hydrogen-bond donors (Lipinski definition) is 0. The van der Waals surface area contributed by atoms with Gasteiger partial charge in [-0.25, -0.2) is 4.39 Å². The number of hydrogen-bond acceptors (Lipinski definition) is 2. The number of thioether (sulfide) groups is 1. The molecule has 0 saturated carbocycles. The van der Waals surface area contributed by atoms with Gasteiger partial charge in [0.25, 0.3) is 0 Å². The first-order valence-electron chi connectivity index (χ1n) is 6.19. The van der Waals surface area contributed by atoms with E-state index in [1.807, 2.05) is 31.2 Å². The number of aryl methyl sites for hydroxylation is 1. The van der Waals surface area contributed by atoms with Gasteiger partial charge < -0.3 is 0 Å². The smallest absolute Gasteiger partial charge is 0.147 e. The second-order valence-electron chi connectivity index (χ2n) is 4.56. The Morgan fingerprint density at radius 1 is 1.25 bits per heavy atom. The Hall–Kier alpha value is -1.32. The molecule has 2 aromatic rings.